The quantitative estimate of drug-likeness (QED) is 0.839. The number of urea groups is 1. The lowest BCUT2D eigenvalue weighted by Gasteiger charge is -2.30. The Hall–Kier alpha value is -2.05. The highest BCUT2D eigenvalue weighted by Crippen LogP contribution is 2.16. The summed E-state index contributed by atoms with van der Waals surface area (Å²) in [5.41, 5.74) is 0. The Balaban J connectivity index is 1.77. The van der Waals surface area contributed by atoms with Gasteiger partial charge in [0.05, 0.1) is 5.92 Å². The van der Waals surface area contributed by atoms with E-state index in [0.717, 1.165) is 12.2 Å². The number of nitrogens with zero attached hydrogens (tertiary/aromatic N) is 3. The summed E-state index contributed by atoms with van der Waals surface area (Å²) in [6.07, 6.45) is 5.63. The van der Waals surface area contributed by atoms with Crippen LogP contribution in [0, 0.1) is 5.92 Å². The van der Waals surface area contributed by atoms with Gasteiger partial charge in [0.1, 0.15) is 5.82 Å². The lowest BCUT2D eigenvalue weighted by Crippen LogP contribution is -2.47. The number of nitrogens with one attached hydrogen (secondary N) is 1. The molecule has 0 aromatic carbocycles. The van der Waals surface area contributed by atoms with Crippen LogP contribution < -0.4 is 5.32 Å². The molecule has 20 heavy (non-hydrogen) atoms. The number of carboxylic acids is 1. The summed E-state index contributed by atoms with van der Waals surface area (Å²) in [6.45, 7) is 1.42. The Kier molecular flexibility index (Phi) is 4.60. The van der Waals surface area contributed by atoms with Crippen molar-refractivity contribution in [2.24, 2.45) is 13.0 Å². The predicted molar refractivity (Wildman–Crippen MR) is 72.2 cm³/mol. The zero-order chi connectivity index (χ0) is 14.5. The van der Waals surface area contributed by atoms with E-state index in [4.69, 9.17) is 5.11 Å². The molecule has 1 saturated heterocycles. The summed E-state index contributed by atoms with van der Waals surface area (Å²) in [7, 11) is 1.91. The van der Waals surface area contributed by atoms with Gasteiger partial charge in [0.25, 0.3) is 0 Å². The van der Waals surface area contributed by atoms with Gasteiger partial charge < -0.3 is 19.9 Å². The second-order valence-electron chi connectivity index (χ2n) is 5.06. The standard InChI is InChI=1S/C13H20N4O3/c1-16-8-6-14-11(16)4-5-15-13(20)17-7-2-3-10(9-17)12(18)19/h6,8,10H,2-5,7,9H2,1H3,(H,15,20)(H,18,19)/t10-/m1/s1. The van der Waals surface area contributed by atoms with Gasteiger partial charge in [0.2, 0.25) is 0 Å². The number of aliphatic carboxylic acids is 1. The van der Waals surface area contributed by atoms with Crippen LogP contribution in [0.5, 0.6) is 0 Å². The van der Waals surface area contributed by atoms with Crippen molar-refractivity contribution in [2.75, 3.05) is 19.6 Å². The van der Waals surface area contributed by atoms with Gasteiger partial charge in [-0.2, -0.15) is 0 Å². The molecule has 2 heterocycles. The van der Waals surface area contributed by atoms with E-state index in [1.54, 1.807) is 11.1 Å². The Labute approximate surface area is 117 Å². The molecule has 1 aliphatic heterocycles. The van der Waals surface area contributed by atoms with E-state index in [2.05, 4.69) is 10.3 Å². The number of carboxylic acid groups (broad SMARTS) is 1. The van der Waals surface area contributed by atoms with Crippen molar-refractivity contribution in [3.8, 4) is 0 Å². The first-order valence-corrected chi connectivity index (χ1v) is 6.79. The van der Waals surface area contributed by atoms with Crippen LogP contribution in [-0.2, 0) is 18.3 Å². The molecule has 7 nitrogen and oxygen atoms in total. The van der Waals surface area contributed by atoms with Crippen LogP contribution in [0.3, 0.4) is 0 Å². The van der Waals surface area contributed by atoms with Gasteiger partial charge in [-0.3, -0.25) is 4.79 Å². The predicted octanol–water partition coefficient (Wildman–Crippen LogP) is 0.469. The molecule has 0 radical (unpaired) electrons. The first kappa shape index (κ1) is 14.4. The molecule has 2 N–H and O–H groups in total. The molecule has 7 heteroatoms. The smallest absolute Gasteiger partial charge is 0.317 e. The molecule has 1 atom stereocenters. The molecule has 110 valence electrons. The molecule has 1 fully saturated rings. The number of aromatic nitrogens is 2. The second kappa shape index (κ2) is 6.40. The molecule has 1 aromatic heterocycles. The molecule has 2 rings (SSSR count). The fraction of sp³-hybridized carbons (Fsp3) is 0.615. The Bertz CT molecular complexity index is 486. The normalized spacial score (nSPS) is 18.9. The summed E-state index contributed by atoms with van der Waals surface area (Å²) in [5, 5.41) is 11.8. The van der Waals surface area contributed by atoms with E-state index in [-0.39, 0.29) is 6.03 Å². The number of hydrogen-bond donors (Lipinski definition) is 2. The van der Waals surface area contributed by atoms with Crippen LogP contribution in [-0.4, -0.2) is 51.2 Å². The third-order valence-corrected chi connectivity index (χ3v) is 3.60. The van der Waals surface area contributed by atoms with Crippen molar-refractivity contribution in [1.82, 2.24) is 19.8 Å². The fourth-order valence-electron chi connectivity index (χ4n) is 2.39. The Morgan fingerprint density at radius 2 is 2.35 bits per heavy atom. The molecule has 1 aliphatic rings. The Morgan fingerprint density at radius 1 is 1.55 bits per heavy atom. The summed E-state index contributed by atoms with van der Waals surface area (Å²) in [4.78, 5) is 28.7. The average Bonchev–Trinajstić information content (AvgIpc) is 2.84. The lowest BCUT2D eigenvalue weighted by atomic mass is 9.99. The maximum atomic E-state index is 12.0. The van der Waals surface area contributed by atoms with E-state index < -0.39 is 11.9 Å². The molecule has 0 unspecified atom stereocenters. The van der Waals surface area contributed by atoms with Crippen molar-refractivity contribution in [3.63, 3.8) is 0 Å². The largest absolute Gasteiger partial charge is 0.481 e. The maximum Gasteiger partial charge on any atom is 0.317 e. The monoisotopic (exact) mass is 280 g/mol. The summed E-state index contributed by atoms with van der Waals surface area (Å²) in [6, 6.07) is -0.190. The lowest BCUT2D eigenvalue weighted by molar-refractivity contribution is -0.143. The van der Waals surface area contributed by atoms with Crippen molar-refractivity contribution < 1.29 is 14.7 Å². The zero-order valence-electron chi connectivity index (χ0n) is 11.6. The van der Waals surface area contributed by atoms with E-state index >= 15 is 0 Å². The van der Waals surface area contributed by atoms with Crippen molar-refractivity contribution in [3.05, 3.63) is 18.2 Å². The van der Waals surface area contributed by atoms with Crippen LogP contribution >= 0.6 is 0 Å². The van der Waals surface area contributed by atoms with Crippen LogP contribution in [0.1, 0.15) is 18.7 Å². The van der Waals surface area contributed by atoms with Gasteiger partial charge in [0, 0.05) is 45.5 Å². The number of hydrogen-bond acceptors (Lipinski definition) is 3. The first-order valence-electron chi connectivity index (χ1n) is 6.79. The molecule has 2 amide bonds. The van der Waals surface area contributed by atoms with Gasteiger partial charge in [-0.25, -0.2) is 9.78 Å². The number of amides is 2. The van der Waals surface area contributed by atoms with Crippen molar-refractivity contribution in [2.45, 2.75) is 19.3 Å². The number of imidazole rings is 1. The topological polar surface area (TPSA) is 87.5 Å². The second-order valence-corrected chi connectivity index (χ2v) is 5.06. The number of carbonyl (C=O) groups excluding carboxylic acids is 1. The number of rotatable bonds is 4. The molecule has 0 saturated carbocycles. The minimum atomic E-state index is -0.824. The van der Waals surface area contributed by atoms with Crippen molar-refractivity contribution >= 4 is 12.0 Å². The summed E-state index contributed by atoms with van der Waals surface area (Å²) < 4.78 is 1.91. The molecule has 0 spiro atoms. The number of likely N-dealkylation sites (tertiary alicyclic amines) is 1. The highest BCUT2D eigenvalue weighted by atomic mass is 16.4. The molecule has 0 bridgehead atoms. The highest BCUT2D eigenvalue weighted by molar-refractivity contribution is 5.76. The van der Waals surface area contributed by atoms with E-state index in [0.29, 0.717) is 32.5 Å². The van der Waals surface area contributed by atoms with Gasteiger partial charge in [-0.15, -0.1) is 0 Å². The number of aryl methyl sites for hydroxylation is 1. The number of carbonyl (C=O) groups is 2. The van der Waals surface area contributed by atoms with Gasteiger partial charge in [-0.1, -0.05) is 0 Å². The average molecular weight is 280 g/mol. The minimum absolute atomic E-state index is 0.190. The van der Waals surface area contributed by atoms with Gasteiger partial charge in [-0.05, 0) is 12.8 Å². The number of piperidine rings is 1. The minimum Gasteiger partial charge on any atom is -0.481 e. The highest BCUT2D eigenvalue weighted by Gasteiger charge is 2.27. The molecule has 0 aliphatic carbocycles. The molecular formula is C13H20N4O3. The van der Waals surface area contributed by atoms with Crippen LogP contribution in [0.25, 0.3) is 0 Å². The van der Waals surface area contributed by atoms with Gasteiger partial charge in [0.15, 0.2) is 0 Å². The summed E-state index contributed by atoms with van der Waals surface area (Å²) >= 11 is 0. The van der Waals surface area contributed by atoms with Crippen LogP contribution in [0.4, 0.5) is 4.79 Å². The zero-order valence-corrected chi connectivity index (χ0v) is 11.6. The first-order chi connectivity index (χ1) is 9.58. The van der Waals surface area contributed by atoms with Crippen molar-refractivity contribution in [1.29, 1.82) is 0 Å². The van der Waals surface area contributed by atoms with E-state index in [9.17, 15) is 9.59 Å². The third kappa shape index (κ3) is 3.49. The fourth-order valence-corrected chi connectivity index (χ4v) is 2.39. The molecule has 1 aromatic rings. The SMILES string of the molecule is Cn1ccnc1CCNC(=O)N1CCC[C@@H](C(=O)O)C1. The van der Waals surface area contributed by atoms with Crippen LogP contribution in [0.15, 0.2) is 12.4 Å². The van der Waals surface area contributed by atoms with E-state index in [1.807, 2.05) is 17.8 Å². The van der Waals surface area contributed by atoms with E-state index in [1.165, 1.54) is 0 Å². The maximum absolute atomic E-state index is 12.0. The summed E-state index contributed by atoms with van der Waals surface area (Å²) in [5.74, 6) is -0.355. The van der Waals surface area contributed by atoms with Crippen LogP contribution in [0.2, 0.25) is 0 Å². The third-order valence-electron chi connectivity index (χ3n) is 3.60. The molecular weight excluding hydrogens is 260 g/mol. The Morgan fingerprint density at radius 3 is 3.00 bits per heavy atom. The van der Waals surface area contributed by atoms with Gasteiger partial charge >= 0.3 is 12.0 Å².